The number of nitrogens with zero attached hydrogens (tertiary/aromatic N) is 1. The molecule has 0 unspecified atom stereocenters. The molecule has 0 aliphatic rings. The molecule has 0 radical (unpaired) electrons. The summed E-state index contributed by atoms with van der Waals surface area (Å²) in [7, 11) is 0. The largest absolute Gasteiger partial charge is 0.489 e. The topological polar surface area (TPSA) is 80.0 Å². The quantitative estimate of drug-likeness (QED) is 0.345. The number of carboxylic acid groups (broad SMARTS) is 1. The molecule has 1 heterocycles. The van der Waals surface area contributed by atoms with Crippen LogP contribution in [0.2, 0.25) is 0 Å². The first-order valence-corrected chi connectivity index (χ1v) is 11.4. The van der Waals surface area contributed by atoms with Gasteiger partial charge in [-0.3, -0.25) is 9.59 Å². The Bertz CT molecular complexity index is 1110. The van der Waals surface area contributed by atoms with E-state index in [1.807, 2.05) is 92.4 Å². The number of benzene rings is 2. The van der Waals surface area contributed by atoms with Gasteiger partial charge in [-0.25, -0.2) is 0 Å². The van der Waals surface area contributed by atoms with E-state index in [1.54, 1.807) is 6.26 Å². The molecule has 0 atom stereocenters. The van der Waals surface area contributed by atoms with E-state index in [0.29, 0.717) is 30.9 Å². The van der Waals surface area contributed by atoms with Crippen molar-refractivity contribution in [2.24, 2.45) is 0 Å². The maximum absolute atomic E-state index is 13.3. The van der Waals surface area contributed by atoms with Crippen molar-refractivity contribution < 1.29 is 23.8 Å². The SMILES string of the molecule is CC(=CCOc1ccccc1CN(C(=O)c1ccc(-c2ccco2)cc1)C(C)C)CCC(=O)O. The molecule has 0 saturated carbocycles. The van der Waals surface area contributed by atoms with Gasteiger partial charge in [-0.1, -0.05) is 35.9 Å². The third-order valence-corrected chi connectivity index (χ3v) is 5.54. The summed E-state index contributed by atoms with van der Waals surface area (Å²) < 4.78 is 11.4. The molecule has 0 aliphatic carbocycles. The monoisotopic (exact) mass is 461 g/mol. The lowest BCUT2D eigenvalue weighted by Gasteiger charge is -2.28. The lowest BCUT2D eigenvalue weighted by molar-refractivity contribution is -0.136. The molecule has 34 heavy (non-hydrogen) atoms. The van der Waals surface area contributed by atoms with Gasteiger partial charge in [-0.05, 0) is 63.6 Å². The minimum atomic E-state index is -0.812. The highest BCUT2D eigenvalue weighted by Gasteiger charge is 2.21. The first-order chi connectivity index (χ1) is 16.3. The van der Waals surface area contributed by atoms with E-state index in [0.717, 1.165) is 22.5 Å². The third kappa shape index (κ3) is 6.85. The highest BCUT2D eigenvalue weighted by Crippen LogP contribution is 2.24. The minimum absolute atomic E-state index is 0.0107. The maximum Gasteiger partial charge on any atom is 0.303 e. The Morgan fingerprint density at radius 3 is 2.41 bits per heavy atom. The average Bonchev–Trinajstić information content (AvgIpc) is 3.36. The minimum Gasteiger partial charge on any atom is -0.489 e. The van der Waals surface area contributed by atoms with E-state index in [1.165, 1.54) is 0 Å². The highest BCUT2D eigenvalue weighted by atomic mass is 16.5. The summed E-state index contributed by atoms with van der Waals surface area (Å²) in [5.74, 6) is 0.600. The Balaban J connectivity index is 1.70. The fourth-order valence-electron chi connectivity index (χ4n) is 3.51. The summed E-state index contributed by atoms with van der Waals surface area (Å²) in [6, 6.07) is 18.8. The number of allylic oxidation sites excluding steroid dienone is 1. The normalized spacial score (nSPS) is 11.5. The number of hydrogen-bond acceptors (Lipinski definition) is 4. The smallest absolute Gasteiger partial charge is 0.303 e. The average molecular weight is 462 g/mol. The summed E-state index contributed by atoms with van der Waals surface area (Å²) >= 11 is 0. The molecule has 1 N–H and O–H groups in total. The number of para-hydroxylation sites is 1. The summed E-state index contributed by atoms with van der Waals surface area (Å²) in [5, 5.41) is 8.82. The maximum atomic E-state index is 13.3. The van der Waals surface area contributed by atoms with Gasteiger partial charge in [0.25, 0.3) is 5.91 Å². The molecule has 6 heteroatoms. The zero-order valence-corrected chi connectivity index (χ0v) is 19.9. The van der Waals surface area contributed by atoms with Crippen LogP contribution in [-0.2, 0) is 11.3 Å². The molecule has 2 aromatic carbocycles. The second kappa shape index (κ2) is 11.9. The van der Waals surface area contributed by atoms with Gasteiger partial charge in [0, 0.05) is 35.7 Å². The molecule has 178 valence electrons. The number of rotatable bonds is 11. The van der Waals surface area contributed by atoms with Crippen LogP contribution in [0.25, 0.3) is 11.3 Å². The number of ether oxygens (including phenoxy) is 1. The Morgan fingerprint density at radius 1 is 1.03 bits per heavy atom. The van der Waals surface area contributed by atoms with Crippen LogP contribution in [-0.4, -0.2) is 34.5 Å². The molecular weight excluding hydrogens is 430 g/mol. The fraction of sp³-hybridized carbons (Fsp3) is 0.286. The van der Waals surface area contributed by atoms with Gasteiger partial charge in [0.05, 0.1) is 6.26 Å². The van der Waals surface area contributed by atoms with E-state index in [2.05, 4.69) is 0 Å². The number of aliphatic carboxylic acids is 1. The van der Waals surface area contributed by atoms with Gasteiger partial charge in [0.2, 0.25) is 0 Å². The fourth-order valence-corrected chi connectivity index (χ4v) is 3.51. The summed E-state index contributed by atoms with van der Waals surface area (Å²) in [4.78, 5) is 25.9. The van der Waals surface area contributed by atoms with E-state index in [9.17, 15) is 9.59 Å². The summed E-state index contributed by atoms with van der Waals surface area (Å²) in [6.45, 7) is 6.63. The van der Waals surface area contributed by atoms with Gasteiger partial charge in [-0.2, -0.15) is 0 Å². The van der Waals surface area contributed by atoms with Crippen molar-refractivity contribution in [1.82, 2.24) is 4.90 Å². The molecule has 3 aromatic rings. The summed E-state index contributed by atoms with van der Waals surface area (Å²) in [5.41, 5.74) is 3.41. The number of hydrogen-bond donors (Lipinski definition) is 1. The Hall–Kier alpha value is -3.80. The first-order valence-electron chi connectivity index (χ1n) is 11.4. The van der Waals surface area contributed by atoms with Crippen LogP contribution in [0.4, 0.5) is 0 Å². The predicted molar refractivity (Wildman–Crippen MR) is 132 cm³/mol. The molecule has 1 amide bonds. The zero-order valence-electron chi connectivity index (χ0n) is 19.9. The number of carbonyl (C=O) groups is 2. The Labute approximate surface area is 200 Å². The van der Waals surface area contributed by atoms with Crippen LogP contribution in [0.3, 0.4) is 0 Å². The molecule has 0 aliphatic heterocycles. The number of carboxylic acids is 1. The van der Waals surface area contributed by atoms with E-state index < -0.39 is 5.97 Å². The van der Waals surface area contributed by atoms with Crippen molar-refractivity contribution in [3.63, 3.8) is 0 Å². The van der Waals surface area contributed by atoms with Gasteiger partial charge >= 0.3 is 5.97 Å². The van der Waals surface area contributed by atoms with E-state index in [-0.39, 0.29) is 18.4 Å². The molecule has 0 spiro atoms. The molecule has 0 saturated heterocycles. The number of amides is 1. The van der Waals surface area contributed by atoms with E-state index >= 15 is 0 Å². The second-order valence-corrected chi connectivity index (χ2v) is 8.44. The van der Waals surface area contributed by atoms with Crippen molar-refractivity contribution >= 4 is 11.9 Å². The van der Waals surface area contributed by atoms with Gasteiger partial charge in [0.15, 0.2) is 0 Å². The van der Waals surface area contributed by atoms with Crippen molar-refractivity contribution in [1.29, 1.82) is 0 Å². The molecule has 1 aromatic heterocycles. The van der Waals surface area contributed by atoms with Crippen LogP contribution < -0.4 is 4.74 Å². The Morgan fingerprint density at radius 2 is 1.76 bits per heavy atom. The summed E-state index contributed by atoms with van der Waals surface area (Å²) in [6.07, 6.45) is 4.12. The van der Waals surface area contributed by atoms with Crippen molar-refractivity contribution in [3.8, 4) is 17.1 Å². The number of carbonyl (C=O) groups excluding carboxylic acids is 1. The molecular formula is C28H31NO5. The molecule has 6 nitrogen and oxygen atoms in total. The first kappa shape index (κ1) is 24.8. The zero-order chi connectivity index (χ0) is 24.5. The lowest BCUT2D eigenvalue weighted by Crippen LogP contribution is -2.36. The second-order valence-electron chi connectivity index (χ2n) is 8.44. The van der Waals surface area contributed by atoms with Crippen molar-refractivity contribution in [2.45, 2.75) is 46.2 Å². The third-order valence-electron chi connectivity index (χ3n) is 5.54. The van der Waals surface area contributed by atoms with Gasteiger partial charge in [-0.15, -0.1) is 0 Å². The van der Waals surface area contributed by atoms with E-state index in [4.69, 9.17) is 14.3 Å². The lowest BCUT2D eigenvalue weighted by atomic mass is 10.1. The molecule has 0 bridgehead atoms. The van der Waals surface area contributed by atoms with Crippen molar-refractivity contribution in [3.05, 3.63) is 89.7 Å². The number of furan rings is 1. The van der Waals surface area contributed by atoms with Gasteiger partial charge in [0.1, 0.15) is 18.1 Å². The van der Waals surface area contributed by atoms with Gasteiger partial charge < -0.3 is 19.2 Å². The van der Waals surface area contributed by atoms with Crippen LogP contribution in [0.5, 0.6) is 5.75 Å². The highest BCUT2D eigenvalue weighted by molar-refractivity contribution is 5.94. The predicted octanol–water partition coefficient (Wildman–Crippen LogP) is 6.19. The van der Waals surface area contributed by atoms with Crippen LogP contribution in [0, 0.1) is 0 Å². The van der Waals surface area contributed by atoms with Crippen LogP contribution >= 0.6 is 0 Å². The van der Waals surface area contributed by atoms with Crippen molar-refractivity contribution in [2.75, 3.05) is 6.61 Å². The molecule has 0 fully saturated rings. The standard InChI is InChI=1S/C28H31NO5/c1-20(2)29(28(32)23-13-11-22(12-14-23)25-9-6-17-33-25)19-24-7-4-5-8-26(24)34-18-16-21(3)10-15-27(30)31/h4-9,11-14,16-17,20H,10,15,18-19H2,1-3H3,(H,30,31). The Kier molecular flexibility index (Phi) is 8.68. The van der Waals surface area contributed by atoms with Crippen LogP contribution in [0.15, 0.2) is 83.0 Å². The van der Waals surface area contributed by atoms with Crippen LogP contribution in [0.1, 0.15) is 49.5 Å². The molecule has 3 rings (SSSR count).